The summed E-state index contributed by atoms with van der Waals surface area (Å²) in [6.07, 6.45) is 2.57. The molecule has 0 aromatic heterocycles. The Morgan fingerprint density at radius 1 is 1.15 bits per heavy atom. The van der Waals surface area contributed by atoms with Crippen LogP contribution in [0.3, 0.4) is 0 Å². The highest BCUT2D eigenvalue weighted by Gasteiger charge is 2.48. The van der Waals surface area contributed by atoms with E-state index in [4.69, 9.17) is 14.2 Å². The van der Waals surface area contributed by atoms with E-state index in [0.29, 0.717) is 48.9 Å². The Bertz CT molecular complexity index is 1560. The van der Waals surface area contributed by atoms with Crippen molar-refractivity contribution in [1.82, 2.24) is 9.21 Å². The fraction of sp³-hybridized carbons (Fsp3) is 0.588. The molecule has 3 aliphatic heterocycles. The Morgan fingerprint density at radius 2 is 1.94 bits per heavy atom. The second kappa shape index (κ2) is 14.4. The quantitative estimate of drug-likeness (QED) is 0.301. The number of rotatable bonds is 14. The molecule has 0 spiro atoms. The number of aliphatic carboxylic acids is 1. The summed E-state index contributed by atoms with van der Waals surface area (Å²) in [5.41, 5.74) is 2.65. The number of carboxylic acids is 1. The van der Waals surface area contributed by atoms with Crippen molar-refractivity contribution in [3.05, 3.63) is 47.5 Å². The van der Waals surface area contributed by atoms with Gasteiger partial charge in [0.25, 0.3) is 0 Å². The van der Waals surface area contributed by atoms with Crippen molar-refractivity contribution in [1.29, 1.82) is 0 Å². The molecule has 2 fully saturated rings. The third-order valence-corrected chi connectivity index (χ3v) is 11.2. The molecule has 1 amide bonds. The fourth-order valence-corrected chi connectivity index (χ4v) is 8.66. The molecule has 3 aliphatic rings. The number of methoxy groups -OCH3 is 1. The van der Waals surface area contributed by atoms with Gasteiger partial charge < -0.3 is 28.7 Å². The lowest BCUT2D eigenvalue weighted by atomic mass is 9.84. The van der Waals surface area contributed by atoms with Crippen molar-refractivity contribution < 1.29 is 41.8 Å². The molecule has 2 saturated heterocycles. The Labute approximate surface area is 278 Å². The Balaban J connectivity index is 1.47. The van der Waals surface area contributed by atoms with Gasteiger partial charge in [0.15, 0.2) is 11.5 Å². The number of likely N-dealkylation sites (tertiary alicyclic amines) is 1. The number of unbranched alkanes of at least 4 members (excludes halogenated alkanes) is 1. The first kappa shape index (κ1) is 34.9. The van der Waals surface area contributed by atoms with Crippen molar-refractivity contribution in [2.24, 2.45) is 5.92 Å². The van der Waals surface area contributed by atoms with Gasteiger partial charge in [-0.15, -0.1) is 0 Å². The summed E-state index contributed by atoms with van der Waals surface area (Å²) < 4.78 is 44.3. The number of sulfonamides is 1. The van der Waals surface area contributed by atoms with E-state index < -0.39 is 33.9 Å². The van der Waals surface area contributed by atoms with E-state index in [1.54, 1.807) is 12.1 Å². The van der Waals surface area contributed by atoms with Crippen LogP contribution < -0.4 is 19.1 Å². The highest BCUT2D eigenvalue weighted by molar-refractivity contribution is 7.89. The molecule has 0 radical (unpaired) electrons. The maximum atomic E-state index is 14.3. The Morgan fingerprint density at radius 3 is 2.60 bits per heavy atom. The number of amides is 1. The zero-order chi connectivity index (χ0) is 33.9. The summed E-state index contributed by atoms with van der Waals surface area (Å²) in [5.74, 6) is -0.995. The van der Waals surface area contributed by atoms with E-state index in [0.717, 1.165) is 35.1 Å². The second-order valence-corrected chi connectivity index (χ2v) is 15.9. The number of benzene rings is 2. The van der Waals surface area contributed by atoms with Crippen LogP contribution in [0, 0.1) is 5.92 Å². The van der Waals surface area contributed by atoms with Crippen LogP contribution in [0.2, 0.25) is 0 Å². The number of anilines is 1. The van der Waals surface area contributed by atoms with Crippen LogP contribution in [0.25, 0.3) is 0 Å². The first-order valence-corrected chi connectivity index (χ1v) is 18.0. The summed E-state index contributed by atoms with van der Waals surface area (Å²) >= 11 is 0. The average molecular weight is 674 g/mol. The molecule has 2 aromatic carbocycles. The van der Waals surface area contributed by atoms with Crippen molar-refractivity contribution >= 4 is 27.6 Å². The van der Waals surface area contributed by atoms with Gasteiger partial charge in [-0.1, -0.05) is 25.5 Å². The van der Waals surface area contributed by atoms with Crippen LogP contribution in [-0.2, 0) is 26.2 Å². The molecule has 258 valence electrons. The molecule has 0 bridgehead atoms. The van der Waals surface area contributed by atoms with Gasteiger partial charge in [-0.25, -0.2) is 12.7 Å². The lowest BCUT2D eigenvalue weighted by Gasteiger charge is -2.31. The molecule has 2 aromatic rings. The van der Waals surface area contributed by atoms with Crippen molar-refractivity contribution in [3.8, 4) is 17.2 Å². The van der Waals surface area contributed by atoms with Crippen LogP contribution >= 0.6 is 0 Å². The average Bonchev–Trinajstić information content (AvgIpc) is 3.71. The van der Waals surface area contributed by atoms with Crippen LogP contribution in [0.4, 0.5) is 5.69 Å². The first-order valence-electron chi connectivity index (χ1n) is 16.4. The molecule has 47 heavy (non-hydrogen) atoms. The zero-order valence-corrected chi connectivity index (χ0v) is 29.0. The molecule has 1 N–H and O–H groups in total. The fourth-order valence-electron chi connectivity index (χ4n) is 7.12. The van der Waals surface area contributed by atoms with Crippen molar-refractivity contribution in [3.63, 3.8) is 0 Å². The van der Waals surface area contributed by atoms with E-state index in [-0.39, 0.29) is 38.0 Å². The van der Waals surface area contributed by atoms with Gasteiger partial charge in [-0.3, -0.25) is 14.5 Å². The van der Waals surface area contributed by atoms with Gasteiger partial charge in [0.2, 0.25) is 28.5 Å². The zero-order valence-electron chi connectivity index (χ0n) is 28.2. The van der Waals surface area contributed by atoms with Crippen LogP contribution in [-0.4, -0.2) is 119 Å². The van der Waals surface area contributed by atoms with Crippen LogP contribution in [0.5, 0.6) is 17.2 Å². The SMILES string of the molecule is CCCCN(C(=O)CN1CC(c2cc(OC)c3c(c2)OCO3)C(C(=O)O)C1CCN1CCCS1(=O)=O)c1cccc(C[N+](C)(C)C)c1. The van der Waals surface area contributed by atoms with Gasteiger partial charge in [0.1, 0.15) is 6.54 Å². The Hall–Kier alpha value is -3.39. The van der Waals surface area contributed by atoms with Gasteiger partial charge >= 0.3 is 5.97 Å². The predicted molar refractivity (Wildman–Crippen MR) is 178 cm³/mol. The number of quaternary nitrogens is 1. The number of hydrogen-bond donors (Lipinski definition) is 1. The van der Waals surface area contributed by atoms with Gasteiger partial charge in [0, 0.05) is 49.4 Å². The summed E-state index contributed by atoms with van der Waals surface area (Å²) in [7, 11) is 4.52. The minimum atomic E-state index is -3.37. The predicted octanol–water partition coefficient (Wildman–Crippen LogP) is 3.36. The number of carbonyl (C=O) groups excluding carboxylic acids is 1. The van der Waals surface area contributed by atoms with Gasteiger partial charge in [0.05, 0.1) is 46.5 Å². The normalized spacial score (nSPS) is 22.4. The van der Waals surface area contributed by atoms with E-state index in [1.165, 1.54) is 11.4 Å². The number of fused-ring (bicyclic) bond motifs is 1. The molecule has 5 rings (SSSR count). The molecular weight excluding hydrogens is 624 g/mol. The van der Waals surface area contributed by atoms with Crippen molar-refractivity contribution in [2.75, 3.05) is 78.4 Å². The molecule has 3 atom stereocenters. The minimum Gasteiger partial charge on any atom is -0.493 e. The second-order valence-electron chi connectivity index (χ2n) is 13.8. The number of carboxylic acid groups (broad SMARTS) is 1. The van der Waals surface area contributed by atoms with E-state index in [1.807, 2.05) is 21.9 Å². The van der Waals surface area contributed by atoms with Crippen LogP contribution in [0.1, 0.15) is 49.7 Å². The topological polar surface area (TPSA) is 126 Å². The summed E-state index contributed by atoms with van der Waals surface area (Å²) in [5, 5.41) is 10.7. The first-order chi connectivity index (χ1) is 22.3. The lowest BCUT2D eigenvalue weighted by Crippen LogP contribution is -2.45. The third-order valence-electron chi connectivity index (χ3n) is 9.27. The van der Waals surface area contributed by atoms with Gasteiger partial charge in [-0.2, -0.15) is 0 Å². The standard InChI is InChI=1S/C34H48N4O8S/c1-6-7-14-37(26-11-8-10-24(17-26)22-38(2,3)4)31(39)21-35-20-27(25-18-29(44-5)33-30(19-25)45-23-46-33)32(34(40)41)28(35)12-15-36-13-9-16-47(36,42)43/h8,10-11,17-19,27-28,32H,6-7,9,12-16,20-23H2,1-5H3/p+1. The van der Waals surface area contributed by atoms with Gasteiger partial charge in [-0.05, 0) is 49.1 Å². The van der Waals surface area contributed by atoms with E-state index >= 15 is 0 Å². The molecule has 12 nitrogen and oxygen atoms in total. The smallest absolute Gasteiger partial charge is 0.308 e. The van der Waals surface area contributed by atoms with Crippen LogP contribution in [0.15, 0.2) is 36.4 Å². The molecule has 0 aliphatic carbocycles. The maximum absolute atomic E-state index is 14.3. The number of ether oxygens (including phenoxy) is 3. The molecule has 3 unspecified atom stereocenters. The summed E-state index contributed by atoms with van der Waals surface area (Å²) in [6, 6.07) is 11.1. The molecule has 0 saturated carbocycles. The molecule has 13 heteroatoms. The van der Waals surface area contributed by atoms with E-state index in [9.17, 15) is 23.1 Å². The molecule has 3 heterocycles. The number of carbonyl (C=O) groups is 2. The largest absolute Gasteiger partial charge is 0.493 e. The number of nitrogens with zero attached hydrogens (tertiary/aromatic N) is 4. The minimum absolute atomic E-state index is 0.00264. The lowest BCUT2D eigenvalue weighted by molar-refractivity contribution is -0.884. The monoisotopic (exact) mass is 673 g/mol. The summed E-state index contributed by atoms with van der Waals surface area (Å²) in [6.45, 7) is 4.39. The number of hydrogen-bond acceptors (Lipinski definition) is 8. The Kier molecular flexibility index (Phi) is 10.7. The molecular formula is C34H49N4O8S+. The van der Waals surface area contributed by atoms with E-state index in [2.05, 4.69) is 40.2 Å². The third kappa shape index (κ3) is 8.02. The maximum Gasteiger partial charge on any atom is 0.308 e. The highest BCUT2D eigenvalue weighted by atomic mass is 32.2. The summed E-state index contributed by atoms with van der Waals surface area (Å²) in [4.78, 5) is 31.1. The highest BCUT2D eigenvalue weighted by Crippen LogP contribution is 2.47. The van der Waals surface area contributed by atoms with Crippen molar-refractivity contribution in [2.45, 2.75) is 51.1 Å².